The van der Waals surface area contributed by atoms with Crippen molar-refractivity contribution in [3.63, 3.8) is 0 Å². The Morgan fingerprint density at radius 3 is 2.56 bits per heavy atom. The Hall–Kier alpha value is -0.370. The molecule has 0 unspecified atom stereocenters. The molecule has 0 fully saturated rings. The summed E-state index contributed by atoms with van der Waals surface area (Å²) in [5.41, 5.74) is 0. The van der Waals surface area contributed by atoms with Gasteiger partial charge in [0.05, 0.1) is 6.54 Å². The normalized spacial score (nSPS) is 10.2. The van der Waals surface area contributed by atoms with Crippen LogP contribution in [0.1, 0.15) is 28.6 Å². The first kappa shape index (κ1) is 8.63. The molecule has 9 heavy (non-hydrogen) atoms. The SMILES string of the molecule is CCC(=O)CNC(C)C.[HH]. The lowest BCUT2D eigenvalue weighted by atomic mass is 10.3. The van der Waals surface area contributed by atoms with Crippen molar-refractivity contribution in [2.45, 2.75) is 33.2 Å². The molecule has 0 atom stereocenters. The van der Waals surface area contributed by atoms with E-state index in [4.69, 9.17) is 0 Å². The van der Waals surface area contributed by atoms with E-state index in [0.29, 0.717) is 19.0 Å². The van der Waals surface area contributed by atoms with Crippen molar-refractivity contribution in [3.05, 3.63) is 0 Å². The van der Waals surface area contributed by atoms with Gasteiger partial charge in [-0.3, -0.25) is 4.79 Å². The molecule has 0 aliphatic heterocycles. The monoisotopic (exact) mass is 131 g/mol. The standard InChI is InChI=1S/C7H15NO.H2/c1-4-7(9)5-8-6(2)3;/h6,8H,4-5H2,1-3H3;1H. The topological polar surface area (TPSA) is 29.1 Å². The van der Waals surface area contributed by atoms with Gasteiger partial charge < -0.3 is 5.32 Å². The molecule has 0 amide bonds. The number of rotatable bonds is 4. The number of hydrogen-bond acceptors (Lipinski definition) is 2. The molecule has 0 saturated heterocycles. The van der Waals surface area contributed by atoms with Crippen LogP contribution in [0.15, 0.2) is 0 Å². The van der Waals surface area contributed by atoms with Crippen molar-refractivity contribution < 1.29 is 6.22 Å². The van der Waals surface area contributed by atoms with E-state index < -0.39 is 0 Å². The van der Waals surface area contributed by atoms with Gasteiger partial charge in [0, 0.05) is 13.9 Å². The van der Waals surface area contributed by atoms with E-state index in [2.05, 4.69) is 5.32 Å². The third kappa shape index (κ3) is 5.50. The first-order chi connectivity index (χ1) is 4.16. The Morgan fingerprint density at radius 2 is 2.22 bits per heavy atom. The molecule has 2 nitrogen and oxygen atoms in total. The van der Waals surface area contributed by atoms with Crippen molar-refractivity contribution in [1.82, 2.24) is 5.32 Å². The molecule has 0 spiro atoms. The van der Waals surface area contributed by atoms with Gasteiger partial charge in [0.1, 0.15) is 5.78 Å². The fourth-order valence-electron chi connectivity index (χ4n) is 0.443. The predicted octanol–water partition coefficient (Wildman–Crippen LogP) is 1.21. The molecule has 0 radical (unpaired) electrons. The third-order valence-electron chi connectivity index (χ3n) is 1.10. The van der Waals surface area contributed by atoms with E-state index in [0.717, 1.165) is 0 Å². The van der Waals surface area contributed by atoms with Crippen molar-refractivity contribution in [3.8, 4) is 0 Å². The molecule has 0 saturated carbocycles. The summed E-state index contributed by atoms with van der Waals surface area (Å²) < 4.78 is 0. The number of hydrogen-bond donors (Lipinski definition) is 1. The Kier molecular flexibility index (Phi) is 4.32. The highest BCUT2D eigenvalue weighted by molar-refractivity contribution is 5.80. The number of ketones is 1. The third-order valence-corrected chi connectivity index (χ3v) is 1.10. The van der Waals surface area contributed by atoms with Crippen LogP contribution < -0.4 is 5.32 Å². The summed E-state index contributed by atoms with van der Waals surface area (Å²) in [5.74, 6) is 0.281. The van der Waals surface area contributed by atoms with Crippen LogP contribution in [-0.4, -0.2) is 18.4 Å². The largest absolute Gasteiger partial charge is 0.308 e. The van der Waals surface area contributed by atoms with E-state index in [1.807, 2.05) is 20.8 Å². The van der Waals surface area contributed by atoms with Crippen LogP contribution in [-0.2, 0) is 4.79 Å². The lowest BCUT2D eigenvalue weighted by Gasteiger charge is -2.04. The minimum atomic E-state index is 0. The summed E-state index contributed by atoms with van der Waals surface area (Å²) in [6.07, 6.45) is 0.639. The minimum absolute atomic E-state index is 0. The van der Waals surface area contributed by atoms with Gasteiger partial charge in [-0.2, -0.15) is 0 Å². The minimum Gasteiger partial charge on any atom is -0.308 e. The molecule has 56 valence electrons. The number of carbonyl (C=O) groups is 1. The smallest absolute Gasteiger partial charge is 0.146 e. The maximum atomic E-state index is 10.7. The van der Waals surface area contributed by atoms with Crippen molar-refractivity contribution in [2.75, 3.05) is 6.54 Å². The average molecular weight is 131 g/mol. The Morgan fingerprint density at radius 1 is 1.67 bits per heavy atom. The molecule has 2 heteroatoms. The highest BCUT2D eigenvalue weighted by atomic mass is 16.1. The molecular weight excluding hydrogens is 114 g/mol. The van der Waals surface area contributed by atoms with Gasteiger partial charge in [-0.15, -0.1) is 0 Å². The Bertz CT molecular complexity index is 93.6. The van der Waals surface area contributed by atoms with Gasteiger partial charge in [0.2, 0.25) is 0 Å². The van der Waals surface area contributed by atoms with E-state index >= 15 is 0 Å². The zero-order valence-electron chi connectivity index (χ0n) is 6.40. The summed E-state index contributed by atoms with van der Waals surface area (Å²) in [6.45, 7) is 6.46. The Balaban J connectivity index is 0. The predicted molar refractivity (Wildman–Crippen MR) is 40.6 cm³/mol. The number of nitrogens with one attached hydrogen (secondary N) is 1. The molecule has 0 bridgehead atoms. The van der Waals surface area contributed by atoms with Gasteiger partial charge >= 0.3 is 0 Å². The van der Waals surface area contributed by atoms with Gasteiger partial charge in [0.15, 0.2) is 0 Å². The average Bonchev–Trinajstić information content (AvgIpc) is 1.83. The summed E-state index contributed by atoms with van der Waals surface area (Å²) in [4.78, 5) is 10.7. The first-order valence-electron chi connectivity index (χ1n) is 3.42. The first-order valence-corrected chi connectivity index (χ1v) is 3.42. The van der Waals surface area contributed by atoms with Crippen molar-refractivity contribution >= 4 is 5.78 Å². The zero-order chi connectivity index (χ0) is 7.28. The molecule has 0 aromatic rings. The van der Waals surface area contributed by atoms with Gasteiger partial charge in [-0.1, -0.05) is 20.8 Å². The highest BCUT2D eigenvalue weighted by Crippen LogP contribution is 1.80. The molecule has 0 aromatic heterocycles. The van der Waals surface area contributed by atoms with Crippen LogP contribution in [0.3, 0.4) is 0 Å². The molecule has 0 aromatic carbocycles. The van der Waals surface area contributed by atoms with Crippen LogP contribution >= 0.6 is 0 Å². The van der Waals surface area contributed by atoms with Crippen LogP contribution in [0.4, 0.5) is 0 Å². The summed E-state index contributed by atoms with van der Waals surface area (Å²) in [7, 11) is 0. The maximum absolute atomic E-state index is 10.7. The van der Waals surface area contributed by atoms with Crippen LogP contribution in [0.2, 0.25) is 0 Å². The van der Waals surface area contributed by atoms with Gasteiger partial charge in [-0.05, 0) is 0 Å². The number of Topliss-reactive ketones (excluding diaryl/α,β-unsaturated/α-hetero) is 1. The molecule has 0 aliphatic carbocycles. The van der Waals surface area contributed by atoms with Crippen molar-refractivity contribution in [2.24, 2.45) is 0 Å². The van der Waals surface area contributed by atoms with E-state index in [9.17, 15) is 4.79 Å². The number of carbonyl (C=O) groups excluding carboxylic acids is 1. The fourth-order valence-corrected chi connectivity index (χ4v) is 0.443. The van der Waals surface area contributed by atoms with Crippen LogP contribution in [0.5, 0.6) is 0 Å². The summed E-state index contributed by atoms with van der Waals surface area (Å²) in [6, 6.07) is 0.417. The maximum Gasteiger partial charge on any atom is 0.146 e. The highest BCUT2D eigenvalue weighted by Gasteiger charge is 1.97. The molecule has 0 aliphatic rings. The second-order valence-corrected chi connectivity index (χ2v) is 2.43. The van der Waals surface area contributed by atoms with E-state index in [1.165, 1.54) is 0 Å². The quantitative estimate of drug-likeness (QED) is 0.621. The lowest BCUT2D eigenvalue weighted by Crippen LogP contribution is -2.28. The van der Waals surface area contributed by atoms with E-state index in [-0.39, 0.29) is 7.21 Å². The van der Waals surface area contributed by atoms with Gasteiger partial charge in [-0.25, -0.2) is 0 Å². The Labute approximate surface area is 58.1 Å². The van der Waals surface area contributed by atoms with E-state index in [1.54, 1.807) is 0 Å². The zero-order valence-corrected chi connectivity index (χ0v) is 6.40. The molecule has 0 rings (SSSR count). The van der Waals surface area contributed by atoms with Crippen LogP contribution in [0, 0.1) is 0 Å². The fraction of sp³-hybridized carbons (Fsp3) is 0.857. The van der Waals surface area contributed by atoms with Crippen molar-refractivity contribution in [1.29, 1.82) is 0 Å². The summed E-state index contributed by atoms with van der Waals surface area (Å²) >= 11 is 0. The molecule has 0 heterocycles. The second-order valence-electron chi connectivity index (χ2n) is 2.43. The van der Waals surface area contributed by atoms with Crippen LogP contribution in [0.25, 0.3) is 0 Å². The van der Waals surface area contributed by atoms with Gasteiger partial charge in [0.25, 0.3) is 0 Å². The molecular formula is C7H17NO. The second kappa shape index (κ2) is 4.50. The lowest BCUT2D eigenvalue weighted by molar-refractivity contribution is -0.118. The summed E-state index contributed by atoms with van der Waals surface area (Å²) in [5, 5.41) is 3.05. The molecule has 1 N–H and O–H groups in total.